The molecule has 0 saturated carbocycles. The maximum atomic E-state index is 8.66. The van der Waals surface area contributed by atoms with Crippen LogP contribution in [0.25, 0.3) is 22.3 Å². The molecule has 0 radical (unpaired) electrons. The van der Waals surface area contributed by atoms with Crippen molar-refractivity contribution in [1.82, 2.24) is 20.2 Å². The minimum absolute atomic E-state index is 0.286. The van der Waals surface area contributed by atoms with Crippen molar-refractivity contribution < 1.29 is 0 Å². The van der Waals surface area contributed by atoms with Crippen molar-refractivity contribution in [2.45, 2.75) is 0 Å². The maximum Gasteiger partial charge on any atom is 0.151 e. The topological polar surface area (TPSA) is 81.5 Å². The lowest BCUT2D eigenvalue weighted by atomic mass is 10.1. The van der Waals surface area contributed by atoms with Crippen molar-refractivity contribution in [2.75, 3.05) is 18.5 Å². The molecule has 1 aromatic carbocycles. The number of aromatic amines is 1. The highest BCUT2D eigenvalue weighted by molar-refractivity contribution is 5.80. The van der Waals surface area contributed by atoms with E-state index in [1.54, 1.807) is 11.2 Å². The number of hydrogen-bond donors (Lipinski definition) is 1. The number of nitriles is 1. The van der Waals surface area contributed by atoms with Crippen molar-refractivity contribution in [3.05, 3.63) is 36.7 Å². The summed E-state index contributed by atoms with van der Waals surface area (Å²) in [5, 5.41) is 17.0. The molecule has 3 aromatic rings. The van der Waals surface area contributed by atoms with Crippen molar-refractivity contribution in [3.63, 3.8) is 0 Å². The van der Waals surface area contributed by atoms with Crippen LogP contribution in [0.3, 0.4) is 0 Å². The predicted octanol–water partition coefficient (Wildman–Crippen LogP) is 1.98. The van der Waals surface area contributed by atoms with Gasteiger partial charge >= 0.3 is 0 Å². The predicted molar refractivity (Wildman–Crippen MR) is 76.0 cm³/mol. The summed E-state index contributed by atoms with van der Waals surface area (Å²) in [6.45, 7) is 0.286. The van der Waals surface area contributed by atoms with Gasteiger partial charge in [0, 0.05) is 12.6 Å². The van der Waals surface area contributed by atoms with Gasteiger partial charge in [-0.2, -0.15) is 5.26 Å². The summed E-state index contributed by atoms with van der Waals surface area (Å²) in [7, 11) is 1.81. The summed E-state index contributed by atoms with van der Waals surface area (Å²) in [4.78, 5) is 9.00. The third kappa shape index (κ3) is 2.17. The smallest absolute Gasteiger partial charge is 0.151 e. The largest absolute Gasteiger partial charge is 0.345 e. The fourth-order valence-electron chi connectivity index (χ4n) is 1.96. The standard InChI is InChI=1S/C14H12N6/c1-20(7-6-15)14-5-4-11(18-19-14)10-2-3-12-13(8-10)17-9-16-12/h2-5,8-9H,7H2,1H3,(H,16,17). The van der Waals surface area contributed by atoms with Crippen LogP contribution in [0.5, 0.6) is 0 Å². The Balaban J connectivity index is 1.92. The molecule has 0 amide bonds. The van der Waals surface area contributed by atoms with Gasteiger partial charge in [-0.25, -0.2) is 4.98 Å². The monoisotopic (exact) mass is 264 g/mol. The van der Waals surface area contributed by atoms with Crippen LogP contribution in [0.4, 0.5) is 5.82 Å². The summed E-state index contributed by atoms with van der Waals surface area (Å²) >= 11 is 0. The Bertz CT molecular complexity index is 768. The molecular weight excluding hydrogens is 252 g/mol. The Kier molecular flexibility index (Phi) is 3.01. The number of aromatic nitrogens is 4. The Morgan fingerprint density at radius 2 is 2.15 bits per heavy atom. The van der Waals surface area contributed by atoms with E-state index in [-0.39, 0.29) is 6.54 Å². The number of imidazole rings is 1. The zero-order chi connectivity index (χ0) is 13.9. The van der Waals surface area contributed by atoms with E-state index in [4.69, 9.17) is 5.26 Å². The molecule has 3 rings (SSSR count). The summed E-state index contributed by atoms with van der Waals surface area (Å²) < 4.78 is 0. The molecule has 0 spiro atoms. The van der Waals surface area contributed by atoms with E-state index in [9.17, 15) is 0 Å². The minimum Gasteiger partial charge on any atom is -0.345 e. The zero-order valence-corrected chi connectivity index (χ0v) is 10.9. The van der Waals surface area contributed by atoms with Gasteiger partial charge in [0.2, 0.25) is 0 Å². The molecule has 1 N–H and O–H groups in total. The summed E-state index contributed by atoms with van der Waals surface area (Å²) in [6.07, 6.45) is 1.67. The van der Waals surface area contributed by atoms with E-state index in [0.717, 1.165) is 22.3 Å². The van der Waals surface area contributed by atoms with Crippen LogP contribution in [-0.4, -0.2) is 33.8 Å². The molecule has 0 aliphatic rings. The Labute approximate surface area is 115 Å². The zero-order valence-electron chi connectivity index (χ0n) is 10.9. The first-order chi connectivity index (χ1) is 9.78. The molecule has 0 fully saturated rings. The fourth-order valence-corrected chi connectivity index (χ4v) is 1.96. The van der Waals surface area contributed by atoms with Crippen LogP contribution < -0.4 is 4.90 Å². The highest BCUT2D eigenvalue weighted by Crippen LogP contribution is 2.21. The van der Waals surface area contributed by atoms with Crippen molar-refractivity contribution in [3.8, 4) is 17.3 Å². The third-order valence-corrected chi connectivity index (χ3v) is 3.07. The van der Waals surface area contributed by atoms with E-state index in [0.29, 0.717) is 5.82 Å². The molecule has 0 atom stereocenters. The normalized spacial score (nSPS) is 10.4. The molecule has 0 unspecified atom stereocenters. The van der Waals surface area contributed by atoms with Gasteiger partial charge in [0.05, 0.1) is 29.1 Å². The van der Waals surface area contributed by atoms with Gasteiger partial charge in [0.25, 0.3) is 0 Å². The third-order valence-electron chi connectivity index (χ3n) is 3.07. The molecule has 0 saturated heterocycles. The molecule has 0 bridgehead atoms. The van der Waals surface area contributed by atoms with Gasteiger partial charge in [-0.1, -0.05) is 6.07 Å². The number of fused-ring (bicyclic) bond motifs is 1. The van der Waals surface area contributed by atoms with Crippen LogP contribution in [0.1, 0.15) is 0 Å². The quantitative estimate of drug-likeness (QED) is 0.731. The van der Waals surface area contributed by atoms with E-state index in [2.05, 4.69) is 26.2 Å². The first-order valence-electron chi connectivity index (χ1n) is 6.13. The van der Waals surface area contributed by atoms with Gasteiger partial charge in [-0.15, -0.1) is 10.2 Å². The molecule has 6 heteroatoms. The molecule has 98 valence electrons. The van der Waals surface area contributed by atoms with E-state index < -0.39 is 0 Å². The second-order valence-electron chi connectivity index (χ2n) is 4.43. The lowest BCUT2D eigenvalue weighted by Gasteiger charge is -2.12. The molecule has 2 heterocycles. The van der Waals surface area contributed by atoms with Gasteiger partial charge in [0.15, 0.2) is 5.82 Å². The number of nitrogens with one attached hydrogen (secondary N) is 1. The van der Waals surface area contributed by atoms with Gasteiger partial charge in [-0.3, -0.25) is 0 Å². The lowest BCUT2D eigenvalue weighted by Crippen LogP contribution is -2.18. The number of benzene rings is 1. The van der Waals surface area contributed by atoms with Crippen LogP contribution in [0, 0.1) is 11.3 Å². The minimum atomic E-state index is 0.286. The number of hydrogen-bond acceptors (Lipinski definition) is 5. The number of H-pyrrole nitrogens is 1. The molecule has 20 heavy (non-hydrogen) atoms. The van der Waals surface area contributed by atoms with Crippen molar-refractivity contribution in [1.29, 1.82) is 5.26 Å². The average molecular weight is 264 g/mol. The van der Waals surface area contributed by atoms with Gasteiger partial charge in [-0.05, 0) is 24.3 Å². The first-order valence-corrected chi connectivity index (χ1v) is 6.13. The average Bonchev–Trinajstić information content (AvgIpc) is 2.95. The Hall–Kier alpha value is -2.94. The number of nitrogens with zero attached hydrogens (tertiary/aromatic N) is 5. The Morgan fingerprint density at radius 1 is 1.25 bits per heavy atom. The molecule has 0 aliphatic heterocycles. The SMILES string of the molecule is CN(CC#N)c1ccc(-c2ccc3nc[nH]c3c2)nn1. The molecule has 6 nitrogen and oxygen atoms in total. The highest BCUT2D eigenvalue weighted by Gasteiger charge is 2.06. The lowest BCUT2D eigenvalue weighted by molar-refractivity contribution is 0.934. The second kappa shape index (κ2) is 4.97. The summed E-state index contributed by atoms with van der Waals surface area (Å²) in [5.41, 5.74) is 3.65. The van der Waals surface area contributed by atoms with Crippen LogP contribution in [0.2, 0.25) is 0 Å². The first kappa shape index (κ1) is 12.1. The molecular formula is C14H12N6. The Morgan fingerprint density at radius 3 is 2.90 bits per heavy atom. The van der Waals surface area contributed by atoms with Gasteiger partial charge < -0.3 is 9.88 Å². The summed E-state index contributed by atoms with van der Waals surface area (Å²) in [5.74, 6) is 0.679. The van der Waals surface area contributed by atoms with Crippen molar-refractivity contribution in [2.24, 2.45) is 0 Å². The maximum absolute atomic E-state index is 8.66. The van der Waals surface area contributed by atoms with Crippen LogP contribution in [-0.2, 0) is 0 Å². The van der Waals surface area contributed by atoms with Crippen LogP contribution in [0.15, 0.2) is 36.7 Å². The fraction of sp³-hybridized carbons (Fsp3) is 0.143. The van der Waals surface area contributed by atoms with Crippen molar-refractivity contribution >= 4 is 16.9 Å². The van der Waals surface area contributed by atoms with Gasteiger partial charge in [0.1, 0.15) is 6.54 Å². The second-order valence-corrected chi connectivity index (χ2v) is 4.43. The number of rotatable bonds is 3. The van der Waals surface area contributed by atoms with E-state index in [1.165, 1.54) is 0 Å². The van der Waals surface area contributed by atoms with E-state index in [1.807, 2.05) is 37.4 Å². The van der Waals surface area contributed by atoms with E-state index >= 15 is 0 Å². The van der Waals surface area contributed by atoms with Crippen LogP contribution >= 0.6 is 0 Å². The highest BCUT2D eigenvalue weighted by atomic mass is 15.2. The summed E-state index contributed by atoms with van der Waals surface area (Å²) in [6, 6.07) is 11.7. The molecule has 0 aliphatic carbocycles. The number of anilines is 1. The molecule has 2 aromatic heterocycles.